The Morgan fingerprint density at radius 1 is 1.37 bits per heavy atom. The summed E-state index contributed by atoms with van der Waals surface area (Å²) in [6, 6.07) is 6.98. The molecule has 2 aromatic heterocycles. The Kier molecular flexibility index (Phi) is 2.68. The average molecular weight is 275 g/mol. The molecule has 3 aromatic rings. The van der Waals surface area contributed by atoms with Gasteiger partial charge in [0.1, 0.15) is 11.3 Å². The maximum atomic E-state index is 12.4. The van der Waals surface area contributed by atoms with Crippen LogP contribution in [0.25, 0.3) is 11.0 Å². The molecule has 96 valence electrons. The van der Waals surface area contributed by atoms with E-state index in [1.54, 1.807) is 37.5 Å². The van der Waals surface area contributed by atoms with Crippen LogP contribution in [0, 0.1) is 6.92 Å². The zero-order valence-electron chi connectivity index (χ0n) is 10.5. The summed E-state index contributed by atoms with van der Waals surface area (Å²) in [5, 5.41) is 5.47. The summed E-state index contributed by atoms with van der Waals surface area (Å²) in [6.45, 7) is 1.85. The van der Waals surface area contributed by atoms with E-state index in [4.69, 9.17) is 16.0 Å². The summed E-state index contributed by atoms with van der Waals surface area (Å²) < 4.78 is 7.17. The van der Waals surface area contributed by atoms with Crippen LogP contribution in [0.1, 0.15) is 21.8 Å². The molecular weight excluding hydrogens is 264 g/mol. The Bertz CT molecular complexity index is 786. The highest BCUT2D eigenvalue weighted by molar-refractivity contribution is 6.31. The Morgan fingerprint density at radius 3 is 2.84 bits per heavy atom. The number of carbonyl (C=O) groups is 1. The van der Waals surface area contributed by atoms with Crippen molar-refractivity contribution >= 4 is 28.4 Å². The Hall–Kier alpha value is -2.07. The van der Waals surface area contributed by atoms with E-state index < -0.39 is 0 Å². The van der Waals surface area contributed by atoms with E-state index in [0.29, 0.717) is 22.1 Å². The quantitative estimate of drug-likeness (QED) is 0.673. The van der Waals surface area contributed by atoms with Crippen LogP contribution in [-0.2, 0) is 7.05 Å². The van der Waals surface area contributed by atoms with E-state index in [0.717, 1.165) is 10.9 Å². The molecule has 0 amide bonds. The smallest absolute Gasteiger partial charge is 0.246 e. The first-order valence-corrected chi connectivity index (χ1v) is 6.17. The van der Waals surface area contributed by atoms with Gasteiger partial charge in [-0.2, -0.15) is 5.10 Å². The lowest BCUT2D eigenvalue weighted by Gasteiger charge is -1.99. The number of carbonyl (C=O) groups excluding carboxylic acids is 1. The monoisotopic (exact) mass is 274 g/mol. The zero-order valence-corrected chi connectivity index (χ0v) is 11.2. The van der Waals surface area contributed by atoms with E-state index in [-0.39, 0.29) is 5.78 Å². The number of ketones is 1. The predicted octanol–water partition coefficient (Wildman–Crippen LogP) is 3.36. The molecular formula is C14H11ClN2O2. The summed E-state index contributed by atoms with van der Waals surface area (Å²) in [5.41, 5.74) is 1.95. The van der Waals surface area contributed by atoms with Crippen molar-refractivity contribution in [2.45, 2.75) is 6.92 Å². The normalized spacial score (nSPS) is 11.1. The van der Waals surface area contributed by atoms with Crippen LogP contribution in [-0.4, -0.2) is 15.6 Å². The van der Waals surface area contributed by atoms with Gasteiger partial charge in [0.25, 0.3) is 0 Å². The number of halogens is 1. The molecule has 5 heteroatoms. The number of aromatic nitrogens is 2. The molecule has 0 unspecified atom stereocenters. The maximum Gasteiger partial charge on any atom is 0.246 e. The first kappa shape index (κ1) is 12.0. The number of benzene rings is 1. The molecule has 0 atom stereocenters. The molecule has 0 aliphatic carbocycles. The van der Waals surface area contributed by atoms with Gasteiger partial charge >= 0.3 is 0 Å². The molecule has 0 radical (unpaired) electrons. The molecule has 3 rings (SSSR count). The summed E-state index contributed by atoms with van der Waals surface area (Å²) in [4.78, 5) is 12.4. The Balaban J connectivity index is 2.18. The second kappa shape index (κ2) is 4.24. The minimum Gasteiger partial charge on any atom is -0.452 e. The van der Waals surface area contributed by atoms with E-state index in [1.165, 1.54) is 4.68 Å². The molecule has 0 saturated carbocycles. The molecule has 0 aliphatic rings. The number of hydrogen-bond acceptors (Lipinski definition) is 3. The minimum atomic E-state index is -0.176. The standard InChI is InChI=1S/C14H11ClN2O2/c1-8-10-7-9(15)3-4-12(10)19-14(8)13(18)11-5-6-16-17(11)2/h3-7H,1-2H3. The molecule has 0 saturated heterocycles. The molecule has 2 heterocycles. The van der Waals surface area contributed by atoms with Gasteiger partial charge in [-0.15, -0.1) is 0 Å². The predicted molar refractivity (Wildman–Crippen MR) is 72.6 cm³/mol. The van der Waals surface area contributed by atoms with Crippen molar-refractivity contribution in [1.29, 1.82) is 0 Å². The summed E-state index contributed by atoms with van der Waals surface area (Å²) in [7, 11) is 1.72. The molecule has 4 nitrogen and oxygen atoms in total. The average Bonchev–Trinajstić information content (AvgIpc) is 2.94. The lowest BCUT2D eigenvalue weighted by molar-refractivity contribution is 0.100. The van der Waals surface area contributed by atoms with Crippen LogP contribution in [0.3, 0.4) is 0 Å². The number of fused-ring (bicyclic) bond motifs is 1. The molecule has 0 aliphatic heterocycles. The third-order valence-corrected chi connectivity index (χ3v) is 3.39. The third kappa shape index (κ3) is 1.85. The number of furan rings is 1. The van der Waals surface area contributed by atoms with Crippen molar-refractivity contribution in [3.8, 4) is 0 Å². The third-order valence-electron chi connectivity index (χ3n) is 3.16. The second-order valence-corrected chi connectivity index (χ2v) is 4.80. The largest absolute Gasteiger partial charge is 0.452 e. The number of rotatable bonds is 2. The van der Waals surface area contributed by atoms with Crippen LogP contribution in [0.4, 0.5) is 0 Å². The molecule has 0 bridgehead atoms. The van der Waals surface area contributed by atoms with Crippen molar-refractivity contribution in [2.75, 3.05) is 0 Å². The Morgan fingerprint density at radius 2 is 2.16 bits per heavy atom. The number of hydrogen-bond donors (Lipinski definition) is 0. The van der Waals surface area contributed by atoms with E-state index in [1.807, 2.05) is 6.92 Å². The van der Waals surface area contributed by atoms with Crippen molar-refractivity contribution in [2.24, 2.45) is 7.05 Å². The highest BCUT2D eigenvalue weighted by Crippen LogP contribution is 2.29. The lowest BCUT2D eigenvalue weighted by atomic mass is 10.1. The van der Waals surface area contributed by atoms with E-state index >= 15 is 0 Å². The molecule has 1 aromatic carbocycles. The van der Waals surface area contributed by atoms with E-state index in [9.17, 15) is 4.79 Å². The number of nitrogens with zero attached hydrogens (tertiary/aromatic N) is 2. The Labute approximate surface area is 114 Å². The molecule has 0 fully saturated rings. The van der Waals surface area contributed by atoms with Crippen molar-refractivity contribution in [3.63, 3.8) is 0 Å². The fraction of sp³-hybridized carbons (Fsp3) is 0.143. The topological polar surface area (TPSA) is 48.0 Å². The van der Waals surface area contributed by atoms with Gasteiger partial charge < -0.3 is 4.42 Å². The van der Waals surface area contributed by atoms with Gasteiger partial charge in [-0.3, -0.25) is 9.48 Å². The van der Waals surface area contributed by atoms with Crippen LogP contribution >= 0.6 is 11.6 Å². The molecule has 0 spiro atoms. The summed E-state index contributed by atoms with van der Waals surface area (Å²) in [6.07, 6.45) is 1.59. The van der Waals surface area contributed by atoms with Gasteiger partial charge in [0.2, 0.25) is 5.78 Å². The van der Waals surface area contributed by atoms with Crippen molar-refractivity contribution in [1.82, 2.24) is 9.78 Å². The van der Waals surface area contributed by atoms with Crippen LogP contribution < -0.4 is 0 Å². The molecule has 0 N–H and O–H groups in total. The van der Waals surface area contributed by atoms with E-state index in [2.05, 4.69) is 5.10 Å². The zero-order chi connectivity index (χ0) is 13.6. The summed E-state index contributed by atoms with van der Waals surface area (Å²) >= 11 is 5.96. The van der Waals surface area contributed by atoms with Gasteiger partial charge in [0.15, 0.2) is 5.76 Å². The SMILES string of the molecule is Cc1c(C(=O)c2ccnn2C)oc2ccc(Cl)cc12. The van der Waals surface area contributed by atoms with Crippen molar-refractivity contribution in [3.05, 3.63) is 52.5 Å². The first-order valence-electron chi connectivity index (χ1n) is 5.79. The summed E-state index contributed by atoms with van der Waals surface area (Å²) in [5.74, 6) is 0.158. The first-order chi connectivity index (χ1) is 9.08. The fourth-order valence-electron chi connectivity index (χ4n) is 2.12. The fourth-order valence-corrected chi connectivity index (χ4v) is 2.29. The van der Waals surface area contributed by atoms with Gasteiger partial charge in [-0.25, -0.2) is 0 Å². The second-order valence-electron chi connectivity index (χ2n) is 4.37. The number of aryl methyl sites for hydroxylation is 2. The van der Waals surface area contributed by atoms with Gasteiger partial charge in [0.05, 0.1) is 0 Å². The van der Waals surface area contributed by atoms with Gasteiger partial charge in [-0.1, -0.05) is 11.6 Å². The van der Waals surface area contributed by atoms with Gasteiger partial charge in [0, 0.05) is 29.2 Å². The maximum absolute atomic E-state index is 12.4. The van der Waals surface area contributed by atoms with Crippen molar-refractivity contribution < 1.29 is 9.21 Å². The highest BCUT2D eigenvalue weighted by Gasteiger charge is 2.21. The van der Waals surface area contributed by atoms with Crippen LogP contribution in [0.5, 0.6) is 0 Å². The van der Waals surface area contributed by atoms with Gasteiger partial charge in [-0.05, 0) is 31.2 Å². The van der Waals surface area contributed by atoms with Crippen LogP contribution in [0.15, 0.2) is 34.9 Å². The molecule has 19 heavy (non-hydrogen) atoms. The lowest BCUT2D eigenvalue weighted by Crippen LogP contribution is -2.08. The highest BCUT2D eigenvalue weighted by atomic mass is 35.5. The minimum absolute atomic E-state index is 0.176. The van der Waals surface area contributed by atoms with Crippen LogP contribution in [0.2, 0.25) is 5.02 Å².